The molecule has 1 radical (unpaired) electrons. The fourth-order valence-corrected chi connectivity index (χ4v) is 25.1. The monoisotopic (exact) mass is 2000 g/mol. The topological polar surface area (TPSA) is 297 Å². The van der Waals surface area contributed by atoms with Crippen molar-refractivity contribution in [2.75, 3.05) is 0 Å². The van der Waals surface area contributed by atoms with Crippen LogP contribution in [-0.2, 0) is 99.0 Å². The minimum Gasteiger partial charge on any atom is -0.736 e. The average Bonchev–Trinajstić information content (AvgIpc) is 0.740. The molecule has 0 saturated carbocycles. The summed E-state index contributed by atoms with van der Waals surface area (Å²) in [6.45, 7) is 76.5. The first-order valence-electron chi connectivity index (χ1n) is 46.7. The minimum atomic E-state index is -4.70. The molecule has 0 aromatic heterocycles. The van der Waals surface area contributed by atoms with Crippen molar-refractivity contribution in [1.82, 2.24) is 0 Å². The van der Waals surface area contributed by atoms with Gasteiger partial charge in [-0.1, -0.05) is 328 Å². The number of hydrogen-bond donors (Lipinski definition) is 0. The van der Waals surface area contributed by atoms with Crippen LogP contribution in [-0.4, -0.2) is 21.4 Å². The minimum absolute atomic E-state index is 0. The SMILES string of the molecule is CC(C)(C)c1cc2c(c(C(C)(C)C)c1)OP(=O)([O-])Oc1c(cc(C(C)(C)C)cc1C(C)(C)C)C2.CC1c2cc(C(C)(C)C)cc(C(C)(C)C)c2OP(=O)([O-])Oc2c1cc(C(C)(C)C)cc2C(C)(C)C.Cc1cc(C)c2c(c1)Cc1cc(C)cc(C)c1OP(=O)([O-])O2.Cc1cc(C)c2c(c1)Cc1cc(C)cc(C)c1OP(=O)([O][Al][O]P1(=O)Oc3c(C)cc(C)cc3Cc3cc(C)cc(C)c3O1)O2.O.[Li+].[Li+].[Li+]. The van der Waals surface area contributed by atoms with Crippen molar-refractivity contribution < 1.29 is 152 Å². The van der Waals surface area contributed by atoms with Crippen LogP contribution in [0.2, 0.25) is 0 Å². The molecule has 0 bridgehead atoms. The molecular weight excluding hydrogens is 1860 g/mol. The molecule has 10 aromatic carbocycles. The predicted octanol–water partition coefficient (Wildman–Crippen LogP) is 19.3. The van der Waals surface area contributed by atoms with E-state index in [9.17, 15) is 37.5 Å². The van der Waals surface area contributed by atoms with Gasteiger partial charge in [0, 0.05) is 65.0 Å². The van der Waals surface area contributed by atoms with Crippen molar-refractivity contribution >= 4 is 55.0 Å². The van der Waals surface area contributed by atoms with Gasteiger partial charge in [0.25, 0.3) is 0 Å². The van der Waals surface area contributed by atoms with Crippen LogP contribution in [0.25, 0.3) is 0 Å². The largest absolute Gasteiger partial charge is 1.00 e. The Hall–Kier alpha value is -6.57. The van der Waals surface area contributed by atoms with Gasteiger partial charge in [0.15, 0.2) is 0 Å². The zero-order valence-corrected chi connectivity index (χ0v) is 96.1. The van der Waals surface area contributed by atoms with Crippen LogP contribution in [0.15, 0.2) is 121 Å². The van der Waals surface area contributed by atoms with Crippen LogP contribution < -0.4 is 116 Å². The van der Waals surface area contributed by atoms with Gasteiger partial charge in [0.2, 0.25) is 0 Å². The van der Waals surface area contributed by atoms with Crippen molar-refractivity contribution in [2.24, 2.45) is 0 Å². The molecule has 15 rings (SSSR count). The van der Waals surface area contributed by atoms with E-state index in [4.69, 9.17) is 52.4 Å². The van der Waals surface area contributed by atoms with E-state index in [2.05, 4.69) is 222 Å². The fourth-order valence-electron chi connectivity index (χ4n) is 18.2. The van der Waals surface area contributed by atoms with Crippen molar-refractivity contribution in [3.8, 4) is 57.5 Å². The Morgan fingerprint density at radius 1 is 0.250 bits per heavy atom. The Morgan fingerprint density at radius 3 is 0.621 bits per heavy atom. The zero-order chi connectivity index (χ0) is 101. The van der Waals surface area contributed by atoms with Gasteiger partial charge in [0.1, 0.15) is 57.5 Å². The summed E-state index contributed by atoms with van der Waals surface area (Å²) in [5, 5.41) is 0. The maximum absolute atomic E-state index is 14.4. The molecule has 0 fully saturated rings. The third-order valence-electron chi connectivity index (χ3n) is 25.1. The van der Waals surface area contributed by atoms with Crippen LogP contribution in [0.5, 0.6) is 57.5 Å². The Labute approximate surface area is 876 Å². The molecule has 2 N–H and O–H groups in total. The smallest absolute Gasteiger partial charge is 0.736 e. The van der Waals surface area contributed by atoms with Crippen molar-refractivity contribution in [2.45, 2.75) is 331 Å². The summed E-state index contributed by atoms with van der Waals surface area (Å²) in [5.41, 5.74) is 26.3. The average molecular weight is 2000 g/mol. The van der Waals surface area contributed by atoms with E-state index >= 15 is 0 Å². The van der Waals surface area contributed by atoms with Gasteiger partial charge in [-0.3, -0.25) is 0 Å². The van der Waals surface area contributed by atoms with Crippen molar-refractivity contribution in [1.29, 1.82) is 0 Å². The maximum Gasteiger partial charge on any atom is 1.00 e. The molecule has 140 heavy (non-hydrogen) atoms. The van der Waals surface area contributed by atoms with E-state index in [-0.39, 0.29) is 111 Å². The maximum atomic E-state index is 14.4. The molecule has 0 unspecified atom stereocenters. The normalized spacial score (nSPS) is 16.9. The molecule has 30 heteroatoms. The summed E-state index contributed by atoms with van der Waals surface area (Å²) in [4.78, 5) is 38.8. The molecule has 0 atom stereocenters. The quantitative estimate of drug-likeness (QED) is 0.117. The van der Waals surface area contributed by atoms with Crippen LogP contribution in [0.4, 0.5) is 0 Å². The number of phosphoric ester groups is 5. The Balaban J connectivity index is 0.000000232. The van der Waals surface area contributed by atoms with E-state index in [0.717, 1.165) is 167 Å². The van der Waals surface area contributed by atoms with Crippen molar-refractivity contribution in [3.05, 3.63) is 288 Å². The molecule has 0 saturated heterocycles. The van der Waals surface area contributed by atoms with Crippen LogP contribution in [0.3, 0.4) is 0 Å². The van der Waals surface area contributed by atoms with Crippen LogP contribution >= 0.6 is 39.1 Å². The molecule has 5 heterocycles. The van der Waals surface area contributed by atoms with Gasteiger partial charge >= 0.3 is 112 Å². The van der Waals surface area contributed by atoms with Gasteiger partial charge in [0.05, 0.1) is 0 Å². The summed E-state index contributed by atoms with van der Waals surface area (Å²) in [6.07, 6.45) is 2.18. The van der Waals surface area contributed by atoms with Crippen LogP contribution in [0.1, 0.15) is 346 Å². The third kappa shape index (κ3) is 27.8. The number of phosphoric acid groups is 5. The van der Waals surface area contributed by atoms with Gasteiger partial charge in [-0.15, -0.1) is 0 Å². The molecule has 0 spiro atoms. The molecule has 0 amide bonds. The first-order valence-corrected chi connectivity index (χ1v) is 54.9. The van der Waals surface area contributed by atoms with E-state index in [1.54, 1.807) is 0 Å². The number of rotatable bonds is 4. The molecule has 21 nitrogen and oxygen atoms in total. The standard InChI is InChI=1S/C30H45O4P.C29H43O4P.3C17H19O4P.Al.3Li.H2O/c1-18-21-14-19(27(2,3)4)16-23(29(8,9)10)25(21)33-35(31,32)34-26-22(18)15-20(28(5,6)7)17-24(26)30(11,12)13;1-26(2,3)20-14-18-13-19-15-21(27(4,5)6)17-23(29(10,11)12)25(19)33-34(30,31)32-24(18)22(16-20)28(7,8)9;3*1-10-5-12(3)16-14(7-10)9-15-8-11(2)6-13(4)17(15)21-22(18,19)20-16;;;;;/h14-18H,1-13H3,(H,31,32);14-17H,13H2,1-12H3,(H,30,31);3*5-8H,9H2,1-4H3,(H,18,19);;;;;1H2/q;;;;;+2;3*+1;/p-5. The molecular formula is C110H142AlLi3O21P5. The molecule has 0 aliphatic carbocycles. The fraction of sp³-hybridized carbons (Fsp3) is 0.455. The summed E-state index contributed by atoms with van der Waals surface area (Å²) in [7, 11) is -22.5. The third-order valence-corrected chi connectivity index (χ3v) is 31.9. The second kappa shape index (κ2) is 42.7. The molecule has 10 aromatic rings. The predicted molar refractivity (Wildman–Crippen MR) is 545 cm³/mol. The Bertz CT molecular complexity index is 6160. The van der Waals surface area contributed by atoms with Gasteiger partial charge < -0.3 is 72.5 Å². The van der Waals surface area contributed by atoms with E-state index < -0.39 is 55.0 Å². The molecule has 5 aliphatic heterocycles. The number of hydrogen-bond acceptors (Lipinski definition) is 20. The summed E-state index contributed by atoms with van der Waals surface area (Å²) >= 11 is -1.71. The first-order chi connectivity index (χ1) is 62.1. The van der Waals surface area contributed by atoms with Crippen molar-refractivity contribution in [3.63, 3.8) is 0 Å². The van der Waals surface area contributed by atoms with Gasteiger partial charge in [-0.2, -0.15) is 0 Å². The number of benzene rings is 10. The summed E-state index contributed by atoms with van der Waals surface area (Å²) in [5.74, 6) is 3.97. The van der Waals surface area contributed by atoms with Crippen LogP contribution in [0, 0.1) is 83.1 Å². The molecule has 739 valence electrons. The second-order valence-corrected chi connectivity index (χ2v) is 54.4. The Kier molecular flexibility index (Phi) is 36.2. The second-order valence-electron chi connectivity index (χ2n) is 46.2. The van der Waals surface area contributed by atoms with E-state index in [0.29, 0.717) is 83.2 Å². The van der Waals surface area contributed by atoms with E-state index in [1.807, 2.05) is 156 Å². The van der Waals surface area contributed by atoms with Gasteiger partial charge in [-0.05, 0) is 227 Å². The first kappa shape index (κ1) is 119. The Morgan fingerprint density at radius 2 is 0.421 bits per heavy atom. The van der Waals surface area contributed by atoms with Gasteiger partial charge in [-0.25, -0.2) is 22.8 Å². The summed E-state index contributed by atoms with van der Waals surface area (Å²) < 4.78 is 137. The summed E-state index contributed by atoms with van der Waals surface area (Å²) in [6, 6.07) is 40.5. The van der Waals surface area contributed by atoms with E-state index in [1.165, 1.54) is 0 Å². The molecule has 5 aliphatic rings. The zero-order valence-electron chi connectivity index (χ0n) is 90.4. The number of fused-ring (bicyclic) bond motifs is 10. The number of aryl methyl sites for hydroxylation is 12.